The van der Waals surface area contributed by atoms with E-state index in [1.807, 2.05) is 6.07 Å². The molecule has 0 radical (unpaired) electrons. The van der Waals surface area contributed by atoms with Gasteiger partial charge in [0.05, 0.1) is 6.10 Å². The summed E-state index contributed by atoms with van der Waals surface area (Å²) >= 11 is 0. The molecule has 2 atom stereocenters. The number of hydrogen-bond acceptors (Lipinski definition) is 3. The van der Waals surface area contributed by atoms with E-state index in [-0.39, 0.29) is 6.10 Å². The first-order valence-electron chi connectivity index (χ1n) is 7.65. The van der Waals surface area contributed by atoms with Gasteiger partial charge < -0.3 is 5.11 Å². The Morgan fingerprint density at radius 3 is 2.90 bits per heavy atom. The predicted molar refractivity (Wildman–Crippen MR) is 82.9 cm³/mol. The third kappa shape index (κ3) is 3.52. The Kier molecular flexibility index (Phi) is 4.36. The van der Waals surface area contributed by atoms with Gasteiger partial charge in [0.2, 0.25) is 0 Å². The van der Waals surface area contributed by atoms with Crippen molar-refractivity contribution in [1.29, 1.82) is 0 Å². The minimum atomic E-state index is -0.249. The van der Waals surface area contributed by atoms with Crippen molar-refractivity contribution in [2.45, 2.75) is 32.4 Å². The molecule has 21 heavy (non-hydrogen) atoms. The van der Waals surface area contributed by atoms with Crippen LogP contribution < -0.4 is 0 Å². The van der Waals surface area contributed by atoms with Gasteiger partial charge in [-0.25, -0.2) is 0 Å². The van der Waals surface area contributed by atoms with Gasteiger partial charge in [0, 0.05) is 25.0 Å². The number of H-pyrrole nitrogens is 1. The van der Waals surface area contributed by atoms with Crippen molar-refractivity contribution < 1.29 is 5.11 Å². The SMILES string of the molecule is Cc1ccccc1C[C@H]1CCN(Cc2ccn[nH]2)C[C@@H]1O. The van der Waals surface area contributed by atoms with Crippen LogP contribution >= 0.6 is 0 Å². The van der Waals surface area contributed by atoms with E-state index in [1.54, 1.807) is 6.20 Å². The summed E-state index contributed by atoms with van der Waals surface area (Å²) in [5.74, 6) is 0.365. The van der Waals surface area contributed by atoms with E-state index in [4.69, 9.17) is 0 Å². The van der Waals surface area contributed by atoms with Gasteiger partial charge in [-0.05, 0) is 49.4 Å². The average Bonchev–Trinajstić information content (AvgIpc) is 2.97. The number of rotatable bonds is 4. The normalized spacial score (nSPS) is 23.3. The minimum absolute atomic E-state index is 0.249. The van der Waals surface area contributed by atoms with Gasteiger partial charge in [-0.3, -0.25) is 10.00 Å². The van der Waals surface area contributed by atoms with E-state index in [2.05, 4.69) is 46.3 Å². The molecule has 4 nitrogen and oxygen atoms in total. The standard InChI is InChI=1S/C17H23N3O/c1-13-4-2-3-5-14(13)10-15-7-9-20(12-17(15)21)11-16-6-8-18-19-16/h2-6,8,15,17,21H,7,9-12H2,1H3,(H,18,19)/t15-,17+/m1/s1. The Bertz CT molecular complexity index is 567. The third-order valence-corrected chi connectivity index (χ3v) is 4.50. The van der Waals surface area contributed by atoms with Crippen molar-refractivity contribution in [3.8, 4) is 0 Å². The molecular formula is C17H23N3O. The van der Waals surface area contributed by atoms with Crippen LogP contribution in [0, 0.1) is 12.8 Å². The Labute approximate surface area is 125 Å². The highest BCUT2D eigenvalue weighted by molar-refractivity contribution is 5.26. The van der Waals surface area contributed by atoms with E-state index in [9.17, 15) is 5.11 Å². The number of nitrogens with one attached hydrogen (secondary N) is 1. The van der Waals surface area contributed by atoms with Crippen LogP contribution in [0.4, 0.5) is 0 Å². The van der Waals surface area contributed by atoms with Crippen molar-refractivity contribution in [3.05, 3.63) is 53.3 Å². The lowest BCUT2D eigenvalue weighted by Crippen LogP contribution is -2.44. The van der Waals surface area contributed by atoms with Gasteiger partial charge in [-0.15, -0.1) is 0 Å². The van der Waals surface area contributed by atoms with Crippen LogP contribution in [0.3, 0.4) is 0 Å². The maximum absolute atomic E-state index is 10.5. The molecule has 1 fully saturated rings. The summed E-state index contributed by atoms with van der Waals surface area (Å²) in [4.78, 5) is 2.30. The van der Waals surface area contributed by atoms with Gasteiger partial charge >= 0.3 is 0 Å². The summed E-state index contributed by atoms with van der Waals surface area (Å²) in [6, 6.07) is 10.5. The smallest absolute Gasteiger partial charge is 0.0699 e. The summed E-state index contributed by atoms with van der Waals surface area (Å²) < 4.78 is 0. The number of nitrogens with zero attached hydrogens (tertiary/aromatic N) is 2. The molecule has 4 heteroatoms. The number of aliphatic hydroxyl groups excluding tert-OH is 1. The van der Waals surface area contributed by atoms with E-state index in [0.717, 1.165) is 38.2 Å². The average molecular weight is 285 g/mol. The molecule has 1 aliphatic rings. The molecule has 0 unspecified atom stereocenters. The largest absolute Gasteiger partial charge is 0.391 e. The lowest BCUT2D eigenvalue weighted by atomic mass is 9.86. The molecule has 1 aromatic heterocycles. The first kappa shape index (κ1) is 14.3. The summed E-state index contributed by atoms with van der Waals surface area (Å²) in [7, 11) is 0. The second-order valence-electron chi connectivity index (χ2n) is 6.06. The van der Waals surface area contributed by atoms with Gasteiger partial charge in [0.1, 0.15) is 0 Å². The molecule has 0 amide bonds. The van der Waals surface area contributed by atoms with E-state index >= 15 is 0 Å². The molecule has 2 heterocycles. The van der Waals surface area contributed by atoms with Crippen molar-refractivity contribution in [1.82, 2.24) is 15.1 Å². The number of aliphatic hydroxyl groups is 1. The van der Waals surface area contributed by atoms with Gasteiger partial charge in [0.25, 0.3) is 0 Å². The number of piperidine rings is 1. The number of hydrogen-bond donors (Lipinski definition) is 2. The van der Waals surface area contributed by atoms with Gasteiger partial charge in [-0.2, -0.15) is 5.10 Å². The van der Waals surface area contributed by atoms with Gasteiger partial charge in [-0.1, -0.05) is 24.3 Å². The number of likely N-dealkylation sites (tertiary alicyclic amines) is 1. The van der Waals surface area contributed by atoms with Crippen molar-refractivity contribution in [2.24, 2.45) is 5.92 Å². The van der Waals surface area contributed by atoms with Gasteiger partial charge in [0.15, 0.2) is 0 Å². The maximum atomic E-state index is 10.5. The predicted octanol–water partition coefficient (Wildman–Crippen LogP) is 2.14. The molecule has 0 spiro atoms. The molecular weight excluding hydrogens is 262 g/mol. The van der Waals surface area contributed by atoms with Crippen LogP contribution in [-0.4, -0.2) is 39.4 Å². The van der Waals surface area contributed by atoms with Crippen LogP contribution in [0.1, 0.15) is 23.2 Å². The molecule has 0 saturated carbocycles. The lowest BCUT2D eigenvalue weighted by molar-refractivity contribution is 0.0182. The topological polar surface area (TPSA) is 52.2 Å². The van der Waals surface area contributed by atoms with Crippen LogP contribution in [0.5, 0.6) is 0 Å². The molecule has 3 rings (SSSR count). The minimum Gasteiger partial charge on any atom is -0.391 e. The van der Waals surface area contributed by atoms with Crippen LogP contribution in [-0.2, 0) is 13.0 Å². The third-order valence-electron chi connectivity index (χ3n) is 4.50. The fourth-order valence-electron chi connectivity index (χ4n) is 3.16. The number of benzene rings is 1. The molecule has 112 valence electrons. The van der Waals surface area contributed by atoms with E-state index in [1.165, 1.54) is 11.1 Å². The zero-order chi connectivity index (χ0) is 14.7. The quantitative estimate of drug-likeness (QED) is 0.905. The fraction of sp³-hybridized carbons (Fsp3) is 0.471. The Hall–Kier alpha value is -1.65. The molecule has 2 aromatic rings. The molecule has 0 bridgehead atoms. The van der Waals surface area contributed by atoms with Crippen molar-refractivity contribution in [3.63, 3.8) is 0 Å². The zero-order valence-electron chi connectivity index (χ0n) is 12.5. The number of β-amino-alcohol motifs (C(OH)–C–C–N with tert-alkyl or cyclic N) is 1. The molecule has 1 aliphatic heterocycles. The highest BCUT2D eigenvalue weighted by atomic mass is 16.3. The van der Waals surface area contributed by atoms with E-state index in [0.29, 0.717) is 5.92 Å². The Morgan fingerprint density at radius 1 is 1.33 bits per heavy atom. The summed E-state index contributed by atoms with van der Waals surface area (Å²) in [6.07, 6.45) is 3.55. The van der Waals surface area contributed by atoms with Crippen LogP contribution in [0.15, 0.2) is 36.5 Å². The lowest BCUT2D eigenvalue weighted by Gasteiger charge is -2.36. The molecule has 1 saturated heterocycles. The van der Waals surface area contributed by atoms with Crippen molar-refractivity contribution >= 4 is 0 Å². The van der Waals surface area contributed by atoms with E-state index < -0.39 is 0 Å². The second-order valence-corrected chi connectivity index (χ2v) is 6.06. The molecule has 1 aromatic carbocycles. The Balaban J connectivity index is 1.57. The summed E-state index contributed by atoms with van der Waals surface area (Å²) in [5, 5.41) is 17.4. The van der Waals surface area contributed by atoms with Crippen molar-refractivity contribution in [2.75, 3.05) is 13.1 Å². The first-order valence-corrected chi connectivity index (χ1v) is 7.65. The molecule has 0 aliphatic carbocycles. The molecule has 2 N–H and O–H groups in total. The first-order chi connectivity index (χ1) is 10.2. The zero-order valence-corrected chi connectivity index (χ0v) is 12.5. The number of aryl methyl sites for hydroxylation is 1. The summed E-state index contributed by atoms with van der Waals surface area (Å²) in [5.41, 5.74) is 3.80. The second kappa shape index (κ2) is 6.41. The highest BCUT2D eigenvalue weighted by Crippen LogP contribution is 2.24. The summed E-state index contributed by atoms with van der Waals surface area (Å²) in [6.45, 7) is 4.77. The number of aromatic nitrogens is 2. The highest BCUT2D eigenvalue weighted by Gasteiger charge is 2.28. The van der Waals surface area contributed by atoms with Crippen LogP contribution in [0.2, 0.25) is 0 Å². The Morgan fingerprint density at radius 2 is 2.19 bits per heavy atom. The maximum Gasteiger partial charge on any atom is 0.0699 e. The number of aromatic amines is 1. The monoisotopic (exact) mass is 285 g/mol. The fourth-order valence-corrected chi connectivity index (χ4v) is 3.16. The van der Waals surface area contributed by atoms with Crippen LogP contribution in [0.25, 0.3) is 0 Å².